The number of thioether (sulfide) groups is 2. The topological polar surface area (TPSA) is 219 Å². The van der Waals surface area contributed by atoms with E-state index in [2.05, 4.69) is 31.3 Å². The summed E-state index contributed by atoms with van der Waals surface area (Å²) in [5, 5.41) is 16.9. The lowest BCUT2D eigenvalue weighted by molar-refractivity contribution is -0.159. The zero-order chi connectivity index (χ0) is 30.8. The van der Waals surface area contributed by atoms with Gasteiger partial charge in [0.1, 0.15) is 34.2 Å². The molecule has 4 amide bonds. The molecule has 1 fully saturated rings. The number of amides is 4. The second-order valence-corrected chi connectivity index (χ2v) is 14.2. The first-order valence-corrected chi connectivity index (χ1v) is 15.5. The van der Waals surface area contributed by atoms with Gasteiger partial charge in [-0.3, -0.25) is 14.5 Å². The minimum absolute atomic E-state index is 0.0901. The minimum Gasteiger partial charge on any atom is -0.455 e. The smallest absolute Gasteiger partial charge is 0.402 e. The SMILES string of the molecule is CC(C)(C)OC(=O)C1=C(C(CCNC(N)=O)Sc2nnn[nH]2)CS[C@H]2C(NC(=O)CS(=O)(=O)CC(F)(F)F)C(=O)N12. The number of hydrogen-bond donors (Lipinski definition) is 4. The number of urea groups is 1. The molecule has 1 aromatic rings. The highest BCUT2D eigenvalue weighted by Gasteiger charge is 2.55. The number of H-pyrrole nitrogens is 1. The zero-order valence-corrected chi connectivity index (χ0v) is 24.3. The third-order valence-electron chi connectivity index (χ3n) is 5.32. The van der Waals surface area contributed by atoms with Crippen molar-refractivity contribution in [1.29, 1.82) is 0 Å². The molecule has 41 heavy (non-hydrogen) atoms. The molecule has 3 heterocycles. The van der Waals surface area contributed by atoms with Gasteiger partial charge in [0.05, 0.1) is 0 Å². The second-order valence-electron chi connectivity index (χ2n) is 9.87. The lowest BCUT2D eigenvalue weighted by atomic mass is 10.00. The van der Waals surface area contributed by atoms with Crippen LogP contribution < -0.4 is 16.4 Å². The number of carbonyl (C=O) groups is 4. The van der Waals surface area contributed by atoms with Gasteiger partial charge in [-0.05, 0) is 43.2 Å². The molecule has 1 saturated heterocycles. The van der Waals surface area contributed by atoms with Crippen molar-refractivity contribution in [3.8, 4) is 0 Å². The number of aromatic nitrogens is 4. The Morgan fingerprint density at radius 3 is 2.54 bits per heavy atom. The molecule has 0 radical (unpaired) electrons. The van der Waals surface area contributed by atoms with Gasteiger partial charge >= 0.3 is 18.2 Å². The number of nitrogens with zero attached hydrogens (tertiary/aromatic N) is 4. The molecule has 0 bridgehead atoms. The quantitative estimate of drug-likeness (QED) is 0.139. The number of fused-ring (bicyclic) bond motifs is 1. The van der Waals surface area contributed by atoms with Crippen molar-refractivity contribution in [2.24, 2.45) is 5.73 Å². The van der Waals surface area contributed by atoms with Crippen molar-refractivity contribution in [1.82, 2.24) is 36.2 Å². The molecule has 228 valence electrons. The molecule has 0 spiro atoms. The van der Waals surface area contributed by atoms with Crippen LogP contribution in [0.2, 0.25) is 0 Å². The Morgan fingerprint density at radius 1 is 1.29 bits per heavy atom. The van der Waals surface area contributed by atoms with Gasteiger partial charge in [-0.1, -0.05) is 11.8 Å². The number of hydrogen-bond acceptors (Lipinski definition) is 12. The number of β-lactam (4-membered cyclic amide) rings is 1. The average Bonchev–Trinajstić information content (AvgIpc) is 3.30. The maximum Gasteiger partial charge on any atom is 0.402 e. The Morgan fingerprint density at radius 2 is 1.98 bits per heavy atom. The molecular weight excluding hydrogens is 617 g/mol. The fourth-order valence-corrected chi connectivity index (χ4v) is 7.52. The van der Waals surface area contributed by atoms with E-state index in [-0.39, 0.29) is 29.6 Å². The molecule has 3 rings (SSSR count). The van der Waals surface area contributed by atoms with E-state index >= 15 is 0 Å². The third-order valence-corrected chi connectivity index (χ3v) is 9.29. The standard InChI is InChI=1S/C20H27F3N8O7S3/c1-19(2,3)38-16(34)13-9(10(4-5-25-17(24)35)40-18-27-29-30-28-18)6-39-15-12(14(33)31(13)15)26-11(32)7-41(36,37)8-20(21,22)23/h10,12,15H,4-8H2,1-3H3,(H,26,32)(H3,24,25,35)(H,27,28,29,30)/t10?,12?,15-/m0/s1. The number of tetrazole rings is 1. The molecular formula is C20H27F3N8O7S3. The van der Waals surface area contributed by atoms with Gasteiger partial charge in [-0.25, -0.2) is 23.1 Å². The van der Waals surface area contributed by atoms with Crippen molar-refractivity contribution in [3.05, 3.63) is 11.3 Å². The first kappa shape index (κ1) is 32.4. The van der Waals surface area contributed by atoms with Crippen molar-refractivity contribution in [3.63, 3.8) is 0 Å². The number of halogens is 3. The summed E-state index contributed by atoms with van der Waals surface area (Å²) < 4.78 is 66.7. The monoisotopic (exact) mass is 644 g/mol. The number of primary amides is 1. The second kappa shape index (κ2) is 12.4. The first-order chi connectivity index (χ1) is 18.9. The molecule has 2 aliphatic rings. The summed E-state index contributed by atoms with van der Waals surface area (Å²) in [6, 6.07) is -2.07. The normalized spacial score (nSPS) is 20.1. The zero-order valence-electron chi connectivity index (χ0n) is 21.9. The van der Waals surface area contributed by atoms with Crippen LogP contribution in [0, 0.1) is 0 Å². The van der Waals surface area contributed by atoms with Crippen LogP contribution in [0.4, 0.5) is 18.0 Å². The van der Waals surface area contributed by atoms with Crippen LogP contribution >= 0.6 is 23.5 Å². The Bertz CT molecular complexity index is 1320. The molecule has 5 N–H and O–H groups in total. The minimum atomic E-state index is -5.03. The van der Waals surface area contributed by atoms with Gasteiger partial charge in [-0.15, -0.1) is 16.9 Å². The van der Waals surface area contributed by atoms with Gasteiger partial charge in [0.15, 0.2) is 9.84 Å². The Labute approximate surface area is 240 Å². The fourth-order valence-electron chi connectivity index (χ4n) is 3.89. The van der Waals surface area contributed by atoms with Gasteiger partial charge in [0.2, 0.25) is 11.1 Å². The number of sulfone groups is 1. The van der Waals surface area contributed by atoms with Crippen LogP contribution in [0.1, 0.15) is 27.2 Å². The predicted molar refractivity (Wildman–Crippen MR) is 139 cm³/mol. The van der Waals surface area contributed by atoms with Crippen LogP contribution in [0.5, 0.6) is 0 Å². The number of aromatic amines is 1. The molecule has 0 aromatic carbocycles. The van der Waals surface area contributed by atoms with Crippen molar-refractivity contribution in [2.75, 3.05) is 23.8 Å². The van der Waals surface area contributed by atoms with Crippen LogP contribution in [0.15, 0.2) is 16.4 Å². The number of rotatable bonds is 11. The highest BCUT2D eigenvalue weighted by atomic mass is 32.2. The number of esters is 1. The lowest BCUT2D eigenvalue weighted by Crippen LogP contribution is -2.71. The number of nitrogens with one attached hydrogen (secondary N) is 3. The fraction of sp³-hybridized carbons (Fsp3) is 0.650. The van der Waals surface area contributed by atoms with E-state index < -0.39 is 73.6 Å². The summed E-state index contributed by atoms with van der Waals surface area (Å²) in [5.41, 5.74) is 4.51. The van der Waals surface area contributed by atoms with Crippen LogP contribution in [-0.2, 0) is 29.0 Å². The van der Waals surface area contributed by atoms with Gasteiger partial charge in [0, 0.05) is 17.5 Å². The van der Waals surface area contributed by atoms with Crippen molar-refractivity contribution < 1.29 is 45.5 Å². The largest absolute Gasteiger partial charge is 0.455 e. The van der Waals surface area contributed by atoms with E-state index in [0.29, 0.717) is 5.57 Å². The molecule has 15 nitrogen and oxygen atoms in total. The third kappa shape index (κ3) is 8.96. The highest BCUT2D eigenvalue weighted by Crippen LogP contribution is 2.44. The molecule has 21 heteroatoms. The predicted octanol–water partition coefficient (Wildman–Crippen LogP) is -0.308. The number of carbonyl (C=O) groups excluding carboxylic acids is 4. The number of alkyl halides is 3. The summed E-state index contributed by atoms with van der Waals surface area (Å²) in [7, 11) is -4.83. The molecule has 2 unspecified atom stereocenters. The maximum atomic E-state index is 13.4. The van der Waals surface area contributed by atoms with E-state index in [1.54, 1.807) is 20.8 Å². The first-order valence-electron chi connectivity index (χ1n) is 11.8. The summed E-state index contributed by atoms with van der Waals surface area (Å²) >= 11 is 2.25. The van der Waals surface area contributed by atoms with Crippen molar-refractivity contribution >= 4 is 57.2 Å². The van der Waals surface area contributed by atoms with Crippen LogP contribution in [0.3, 0.4) is 0 Å². The van der Waals surface area contributed by atoms with E-state index in [1.807, 2.05) is 0 Å². The lowest BCUT2D eigenvalue weighted by Gasteiger charge is -2.50. The van der Waals surface area contributed by atoms with Crippen LogP contribution in [-0.4, -0.2) is 110 Å². The molecule has 3 atom stereocenters. The van der Waals surface area contributed by atoms with Gasteiger partial charge in [0.25, 0.3) is 5.91 Å². The Hall–Kier alpha value is -3.07. The number of nitrogens with two attached hydrogens (primary N) is 1. The number of ether oxygens (including phenoxy) is 1. The summed E-state index contributed by atoms with van der Waals surface area (Å²) in [5.74, 6) is -6.46. The Balaban J connectivity index is 1.89. The van der Waals surface area contributed by atoms with Gasteiger partial charge in [-0.2, -0.15) is 13.2 Å². The molecule has 0 saturated carbocycles. The molecule has 2 aliphatic heterocycles. The summed E-state index contributed by atoms with van der Waals surface area (Å²) in [4.78, 5) is 51.2. The van der Waals surface area contributed by atoms with Crippen LogP contribution in [0.25, 0.3) is 0 Å². The maximum absolute atomic E-state index is 13.4. The average molecular weight is 645 g/mol. The summed E-state index contributed by atoms with van der Waals surface area (Å²) in [6.45, 7) is 4.94. The summed E-state index contributed by atoms with van der Waals surface area (Å²) in [6.07, 6.45) is -4.81. The van der Waals surface area contributed by atoms with E-state index in [0.717, 1.165) is 28.4 Å². The van der Waals surface area contributed by atoms with Gasteiger partial charge < -0.3 is 21.1 Å². The Kier molecular flexibility index (Phi) is 9.84. The van der Waals surface area contributed by atoms with E-state index in [4.69, 9.17) is 10.5 Å². The van der Waals surface area contributed by atoms with E-state index in [9.17, 15) is 40.8 Å². The molecule has 0 aliphatic carbocycles. The molecule has 1 aromatic heterocycles. The van der Waals surface area contributed by atoms with E-state index in [1.165, 1.54) is 0 Å². The highest BCUT2D eigenvalue weighted by molar-refractivity contribution is 8.01. The van der Waals surface area contributed by atoms with Crippen molar-refractivity contribution in [2.45, 2.75) is 60.8 Å².